The fourth-order valence-electron chi connectivity index (χ4n) is 6.19. The molecule has 1 heterocycles. The third kappa shape index (κ3) is 7.23. The molecule has 2 fully saturated rings. The Morgan fingerprint density at radius 2 is 1.91 bits per heavy atom. The van der Waals surface area contributed by atoms with Crippen molar-refractivity contribution in [3.8, 4) is 0 Å². The summed E-state index contributed by atoms with van der Waals surface area (Å²) >= 11 is 0. The zero-order valence-electron chi connectivity index (χ0n) is 21.8. The van der Waals surface area contributed by atoms with E-state index in [1.165, 1.54) is 12.0 Å². The normalized spacial score (nSPS) is 29.7. The quantitative estimate of drug-likeness (QED) is 0.365. The third-order valence-electron chi connectivity index (χ3n) is 7.75. The number of nitrogens with two attached hydrogens (primary N) is 1. The minimum Gasteiger partial charge on any atom is -0.387 e. The highest BCUT2D eigenvalue weighted by atomic mass is 16.2. The smallest absolute Gasteiger partial charge is 0.294 e. The van der Waals surface area contributed by atoms with Crippen LogP contribution in [-0.4, -0.2) is 47.9 Å². The molecule has 7 heteroatoms. The van der Waals surface area contributed by atoms with E-state index in [0.29, 0.717) is 11.8 Å². The molecule has 1 saturated heterocycles. The monoisotopic (exact) mass is 481 g/mol. The van der Waals surface area contributed by atoms with Gasteiger partial charge < -0.3 is 11.1 Å². The van der Waals surface area contributed by atoms with Crippen molar-refractivity contribution >= 4 is 23.4 Å². The third-order valence-corrected chi connectivity index (χ3v) is 7.75. The van der Waals surface area contributed by atoms with Gasteiger partial charge in [0.15, 0.2) is 0 Å². The van der Waals surface area contributed by atoms with Crippen LogP contribution in [0.1, 0.15) is 65.4 Å². The first kappa shape index (κ1) is 27.1. The molecule has 5 atom stereocenters. The molecular formula is C28H43N5O2. The van der Waals surface area contributed by atoms with Crippen LogP contribution in [0, 0.1) is 34.5 Å². The second-order valence-corrected chi connectivity index (χ2v) is 11.2. The van der Waals surface area contributed by atoms with Gasteiger partial charge in [-0.3, -0.25) is 19.9 Å². The maximum Gasteiger partial charge on any atom is 0.294 e. The number of carbonyl (C=O) groups excluding carboxylic acids is 2. The first-order valence-corrected chi connectivity index (χ1v) is 13.1. The van der Waals surface area contributed by atoms with Crippen molar-refractivity contribution in [3.63, 3.8) is 0 Å². The fourth-order valence-corrected chi connectivity index (χ4v) is 6.19. The van der Waals surface area contributed by atoms with Crippen molar-refractivity contribution < 1.29 is 9.59 Å². The number of hydrogen-bond donors (Lipinski definition) is 3. The lowest BCUT2D eigenvalue weighted by atomic mass is 9.65. The van der Waals surface area contributed by atoms with Crippen LogP contribution in [0.15, 0.2) is 35.3 Å². The number of likely N-dealkylation sites (tertiary alicyclic amines) is 1. The molecule has 4 N–H and O–H groups in total. The van der Waals surface area contributed by atoms with E-state index >= 15 is 0 Å². The molecule has 5 unspecified atom stereocenters. The predicted octanol–water partition coefficient (Wildman–Crippen LogP) is 4.02. The van der Waals surface area contributed by atoms with E-state index in [-0.39, 0.29) is 35.8 Å². The Kier molecular flexibility index (Phi) is 9.22. The van der Waals surface area contributed by atoms with Crippen LogP contribution >= 0.6 is 0 Å². The van der Waals surface area contributed by atoms with E-state index in [1.54, 1.807) is 0 Å². The summed E-state index contributed by atoms with van der Waals surface area (Å²) < 4.78 is 0. The molecule has 1 saturated carbocycles. The van der Waals surface area contributed by atoms with E-state index in [9.17, 15) is 9.59 Å². The topological polar surface area (TPSA) is 112 Å². The molecule has 1 aliphatic carbocycles. The van der Waals surface area contributed by atoms with Gasteiger partial charge in [-0.2, -0.15) is 4.99 Å². The fraction of sp³-hybridized carbons (Fsp3) is 0.643. The van der Waals surface area contributed by atoms with Crippen molar-refractivity contribution in [1.82, 2.24) is 10.2 Å². The SMILES string of the molecule is CCCC1CC(C)CC(C)(C(=O)NCC(=N)C(=O)N=C(N)C2CN(Cc3ccccc3)CC2C)C1. The van der Waals surface area contributed by atoms with Crippen molar-refractivity contribution in [1.29, 1.82) is 5.41 Å². The van der Waals surface area contributed by atoms with Crippen LogP contribution < -0.4 is 11.1 Å². The largest absolute Gasteiger partial charge is 0.387 e. The number of amides is 2. The highest BCUT2D eigenvalue weighted by Gasteiger charge is 2.41. The van der Waals surface area contributed by atoms with E-state index in [1.807, 2.05) is 25.1 Å². The van der Waals surface area contributed by atoms with Crippen molar-refractivity contribution in [2.24, 2.45) is 39.8 Å². The molecule has 1 aromatic rings. The van der Waals surface area contributed by atoms with E-state index in [2.05, 4.69) is 48.1 Å². The second kappa shape index (κ2) is 11.9. The van der Waals surface area contributed by atoms with Crippen molar-refractivity contribution in [2.75, 3.05) is 19.6 Å². The summed E-state index contributed by atoms with van der Waals surface area (Å²) in [6.45, 7) is 10.9. The lowest BCUT2D eigenvalue weighted by Gasteiger charge is -2.40. The van der Waals surface area contributed by atoms with Gasteiger partial charge in [0.25, 0.3) is 5.91 Å². The highest BCUT2D eigenvalue weighted by Crippen LogP contribution is 2.43. The number of nitrogens with one attached hydrogen (secondary N) is 2. The van der Waals surface area contributed by atoms with Gasteiger partial charge >= 0.3 is 0 Å². The van der Waals surface area contributed by atoms with Gasteiger partial charge in [-0.1, -0.05) is 70.9 Å². The van der Waals surface area contributed by atoms with Crippen LogP contribution in [0.5, 0.6) is 0 Å². The van der Waals surface area contributed by atoms with Gasteiger partial charge in [-0.05, 0) is 42.6 Å². The maximum absolute atomic E-state index is 13.0. The molecule has 2 aliphatic rings. The van der Waals surface area contributed by atoms with Crippen LogP contribution in [0.2, 0.25) is 0 Å². The number of amidine groups is 1. The van der Waals surface area contributed by atoms with Crippen molar-refractivity contribution in [2.45, 2.75) is 66.3 Å². The molecule has 0 bridgehead atoms. The first-order valence-electron chi connectivity index (χ1n) is 13.1. The zero-order chi connectivity index (χ0) is 25.6. The maximum atomic E-state index is 13.0. The Balaban J connectivity index is 1.52. The summed E-state index contributed by atoms with van der Waals surface area (Å²) in [5, 5.41) is 11.0. The Hall–Kier alpha value is -2.54. The van der Waals surface area contributed by atoms with E-state index in [0.717, 1.165) is 45.3 Å². The molecule has 1 aromatic carbocycles. The van der Waals surface area contributed by atoms with Gasteiger partial charge in [-0.15, -0.1) is 0 Å². The van der Waals surface area contributed by atoms with Gasteiger partial charge in [-0.25, -0.2) is 0 Å². The Bertz CT molecular complexity index is 931. The molecular weight excluding hydrogens is 438 g/mol. The standard InChI is InChI=1S/C28H43N5O2/c1-5-9-22-12-19(2)13-28(4,14-22)27(35)31-15-24(29)26(34)32-25(30)23-18-33(16-20(23)3)17-21-10-7-6-8-11-21/h6-8,10-11,19-20,22-23,29H,5,9,12-18H2,1-4H3,(H,31,35)(H2,30,32,34). The Morgan fingerprint density at radius 1 is 1.20 bits per heavy atom. The van der Waals surface area contributed by atoms with Gasteiger partial charge in [0.2, 0.25) is 5.91 Å². The average Bonchev–Trinajstić information content (AvgIpc) is 3.17. The molecule has 7 nitrogen and oxygen atoms in total. The molecule has 192 valence electrons. The lowest BCUT2D eigenvalue weighted by Crippen LogP contribution is -2.46. The van der Waals surface area contributed by atoms with Crippen LogP contribution in [0.25, 0.3) is 0 Å². The van der Waals surface area contributed by atoms with Gasteiger partial charge in [0, 0.05) is 31.0 Å². The lowest BCUT2D eigenvalue weighted by molar-refractivity contribution is -0.133. The molecule has 0 radical (unpaired) electrons. The van der Waals surface area contributed by atoms with Crippen LogP contribution in [0.3, 0.4) is 0 Å². The molecule has 2 amide bonds. The zero-order valence-corrected chi connectivity index (χ0v) is 21.8. The predicted molar refractivity (Wildman–Crippen MR) is 141 cm³/mol. The first-order chi connectivity index (χ1) is 16.6. The van der Waals surface area contributed by atoms with Crippen molar-refractivity contribution in [3.05, 3.63) is 35.9 Å². The summed E-state index contributed by atoms with van der Waals surface area (Å²) in [6.07, 6.45) is 5.13. The van der Waals surface area contributed by atoms with Gasteiger partial charge in [0.05, 0.1) is 6.54 Å². The number of aliphatic imine (C=N–C) groups is 1. The molecule has 0 spiro atoms. The molecule has 3 rings (SSSR count). The molecule has 1 aliphatic heterocycles. The van der Waals surface area contributed by atoms with E-state index in [4.69, 9.17) is 11.1 Å². The summed E-state index contributed by atoms with van der Waals surface area (Å²) in [5.74, 6) is 0.848. The number of hydrogen-bond acceptors (Lipinski definition) is 4. The number of nitrogens with zero attached hydrogens (tertiary/aromatic N) is 2. The van der Waals surface area contributed by atoms with E-state index < -0.39 is 11.3 Å². The summed E-state index contributed by atoms with van der Waals surface area (Å²) in [5.41, 5.74) is 6.79. The van der Waals surface area contributed by atoms with Crippen LogP contribution in [0.4, 0.5) is 0 Å². The Labute approximate surface area is 210 Å². The molecule has 35 heavy (non-hydrogen) atoms. The summed E-state index contributed by atoms with van der Waals surface area (Å²) in [4.78, 5) is 32.0. The summed E-state index contributed by atoms with van der Waals surface area (Å²) in [6, 6.07) is 10.3. The Morgan fingerprint density at radius 3 is 2.60 bits per heavy atom. The number of benzene rings is 1. The highest BCUT2D eigenvalue weighted by molar-refractivity contribution is 6.40. The average molecular weight is 482 g/mol. The number of rotatable bonds is 9. The number of carbonyl (C=O) groups is 2. The molecule has 0 aromatic heterocycles. The minimum atomic E-state index is -0.664. The minimum absolute atomic E-state index is 0.0248. The second-order valence-electron chi connectivity index (χ2n) is 11.2. The summed E-state index contributed by atoms with van der Waals surface area (Å²) in [7, 11) is 0. The van der Waals surface area contributed by atoms with Crippen LogP contribution in [-0.2, 0) is 16.1 Å². The van der Waals surface area contributed by atoms with Gasteiger partial charge in [0.1, 0.15) is 11.5 Å².